The lowest BCUT2D eigenvalue weighted by Crippen LogP contribution is -2.52. The van der Waals surface area contributed by atoms with Gasteiger partial charge in [-0.2, -0.15) is 0 Å². The zero-order valence-electron chi connectivity index (χ0n) is 12.3. The number of carboxylic acids is 1. The second kappa shape index (κ2) is 6.69. The normalized spacial score (nSPS) is 16.9. The van der Waals surface area contributed by atoms with Crippen LogP contribution in [0.1, 0.15) is 20.8 Å². The Balaban J connectivity index is 2.33. The van der Waals surface area contributed by atoms with E-state index in [2.05, 4.69) is 5.32 Å². The molecule has 0 aromatic heterocycles. The smallest absolute Gasteiger partial charge is 0.317 e. The van der Waals surface area contributed by atoms with Gasteiger partial charge >= 0.3 is 5.97 Å². The van der Waals surface area contributed by atoms with Gasteiger partial charge in [-0.25, -0.2) is 0 Å². The Morgan fingerprint density at radius 1 is 1.10 bits per heavy atom. The number of rotatable bonds is 4. The van der Waals surface area contributed by atoms with Crippen LogP contribution in [0.3, 0.4) is 0 Å². The molecule has 1 aliphatic rings. The molecule has 1 rings (SSSR count). The van der Waals surface area contributed by atoms with Crippen molar-refractivity contribution in [3.8, 4) is 0 Å². The lowest BCUT2D eigenvalue weighted by Gasteiger charge is -2.34. The Bertz CT molecular complexity index is 382. The summed E-state index contributed by atoms with van der Waals surface area (Å²) in [6.45, 7) is 7.45. The van der Waals surface area contributed by atoms with Gasteiger partial charge in [0.15, 0.2) is 0 Å². The summed E-state index contributed by atoms with van der Waals surface area (Å²) in [6, 6.07) is 0. The average Bonchev–Trinajstić information content (AvgIpc) is 2.34. The van der Waals surface area contributed by atoms with Crippen molar-refractivity contribution >= 4 is 17.8 Å². The van der Waals surface area contributed by atoms with Gasteiger partial charge in [0.05, 0.1) is 13.1 Å². The molecule has 20 heavy (non-hydrogen) atoms. The first kappa shape index (κ1) is 16.4. The minimum atomic E-state index is -0.859. The van der Waals surface area contributed by atoms with Gasteiger partial charge in [-0.3, -0.25) is 19.3 Å². The molecule has 0 radical (unpaired) electrons. The van der Waals surface area contributed by atoms with Gasteiger partial charge in [-0.1, -0.05) is 20.8 Å². The summed E-state index contributed by atoms with van der Waals surface area (Å²) in [5.41, 5.74) is -0.513. The lowest BCUT2D eigenvalue weighted by atomic mass is 9.96. The van der Waals surface area contributed by atoms with Crippen molar-refractivity contribution in [2.45, 2.75) is 20.8 Å². The van der Waals surface area contributed by atoms with E-state index < -0.39 is 11.4 Å². The van der Waals surface area contributed by atoms with E-state index in [9.17, 15) is 14.4 Å². The van der Waals surface area contributed by atoms with Crippen molar-refractivity contribution in [3.63, 3.8) is 0 Å². The van der Waals surface area contributed by atoms with Gasteiger partial charge in [0.25, 0.3) is 0 Å². The molecule has 7 nitrogen and oxygen atoms in total. The number of carboxylic acid groups (broad SMARTS) is 1. The number of carbonyl (C=O) groups is 3. The van der Waals surface area contributed by atoms with Crippen molar-refractivity contribution in [2.24, 2.45) is 5.41 Å². The van der Waals surface area contributed by atoms with E-state index in [1.807, 2.05) is 0 Å². The fraction of sp³-hybridized carbons (Fsp3) is 0.769. The molecule has 1 aliphatic heterocycles. The summed E-state index contributed by atoms with van der Waals surface area (Å²) in [4.78, 5) is 37.6. The highest BCUT2D eigenvalue weighted by molar-refractivity contribution is 5.87. The fourth-order valence-corrected chi connectivity index (χ4v) is 1.88. The third-order valence-corrected chi connectivity index (χ3v) is 3.17. The van der Waals surface area contributed by atoms with Crippen LogP contribution in [0.25, 0.3) is 0 Å². The molecule has 0 aliphatic carbocycles. The molecule has 0 aromatic rings. The second-order valence-electron chi connectivity index (χ2n) is 5.98. The van der Waals surface area contributed by atoms with Crippen LogP contribution in [0.5, 0.6) is 0 Å². The SMILES string of the molecule is CC(C)(C)C(=O)NCC(=O)N1CCN(CC(=O)O)CC1. The molecular formula is C13H23N3O4. The van der Waals surface area contributed by atoms with E-state index in [1.165, 1.54) is 0 Å². The number of amides is 2. The molecular weight excluding hydrogens is 262 g/mol. The molecule has 2 N–H and O–H groups in total. The van der Waals surface area contributed by atoms with Crippen molar-refractivity contribution in [1.82, 2.24) is 15.1 Å². The summed E-state index contributed by atoms with van der Waals surface area (Å²) >= 11 is 0. The summed E-state index contributed by atoms with van der Waals surface area (Å²) in [6.07, 6.45) is 0. The van der Waals surface area contributed by atoms with Crippen LogP contribution in [0.4, 0.5) is 0 Å². The molecule has 0 bridgehead atoms. The zero-order valence-corrected chi connectivity index (χ0v) is 12.3. The van der Waals surface area contributed by atoms with Crippen LogP contribution in [0.2, 0.25) is 0 Å². The van der Waals surface area contributed by atoms with Crippen LogP contribution in [-0.2, 0) is 14.4 Å². The summed E-state index contributed by atoms with van der Waals surface area (Å²) in [7, 11) is 0. The van der Waals surface area contributed by atoms with Crippen LogP contribution >= 0.6 is 0 Å². The van der Waals surface area contributed by atoms with E-state index in [0.717, 1.165) is 0 Å². The first-order valence-corrected chi connectivity index (χ1v) is 6.70. The molecule has 0 unspecified atom stereocenters. The minimum absolute atomic E-state index is 0.00277. The zero-order chi connectivity index (χ0) is 15.3. The van der Waals surface area contributed by atoms with Crippen molar-refractivity contribution in [1.29, 1.82) is 0 Å². The second-order valence-corrected chi connectivity index (χ2v) is 5.98. The van der Waals surface area contributed by atoms with Gasteiger partial charge in [0.1, 0.15) is 0 Å². The molecule has 0 spiro atoms. The number of nitrogens with one attached hydrogen (secondary N) is 1. The first-order chi connectivity index (χ1) is 9.20. The van der Waals surface area contributed by atoms with Crippen LogP contribution in [0, 0.1) is 5.41 Å². The largest absolute Gasteiger partial charge is 0.480 e. The van der Waals surface area contributed by atoms with Gasteiger partial charge < -0.3 is 15.3 Å². The number of hydrogen-bond donors (Lipinski definition) is 2. The monoisotopic (exact) mass is 285 g/mol. The highest BCUT2D eigenvalue weighted by Gasteiger charge is 2.25. The Morgan fingerprint density at radius 2 is 1.65 bits per heavy atom. The van der Waals surface area contributed by atoms with E-state index in [0.29, 0.717) is 26.2 Å². The Labute approximate surface area is 118 Å². The molecule has 2 amide bonds. The first-order valence-electron chi connectivity index (χ1n) is 6.70. The number of hydrogen-bond acceptors (Lipinski definition) is 4. The van der Waals surface area contributed by atoms with Gasteiger partial charge in [0.2, 0.25) is 11.8 Å². The third-order valence-electron chi connectivity index (χ3n) is 3.17. The van der Waals surface area contributed by atoms with Crippen LogP contribution < -0.4 is 5.32 Å². The quantitative estimate of drug-likeness (QED) is 0.718. The number of carbonyl (C=O) groups excluding carboxylic acids is 2. The van der Waals surface area contributed by atoms with Gasteiger partial charge in [-0.05, 0) is 0 Å². The maximum atomic E-state index is 11.9. The maximum Gasteiger partial charge on any atom is 0.317 e. The van der Waals surface area contributed by atoms with Crippen molar-refractivity contribution < 1.29 is 19.5 Å². The lowest BCUT2D eigenvalue weighted by molar-refractivity contribution is -0.140. The molecule has 1 heterocycles. The molecule has 7 heteroatoms. The minimum Gasteiger partial charge on any atom is -0.480 e. The van der Waals surface area contributed by atoms with E-state index in [1.54, 1.807) is 30.6 Å². The molecule has 0 atom stereocenters. The van der Waals surface area contributed by atoms with Gasteiger partial charge in [-0.15, -0.1) is 0 Å². The predicted molar refractivity (Wildman–Crippen MR) is 73.1 cm³/mol. The molecule has 0 saturated carbocycles. The number of aliphatic carboxylic acids is 1. The van der Waals surface area contributed by atoms with E-state index >= 15 is 0 Å². The van der Waals surface area contributed by atoms with E-state index in [-0.39, 0.29) is 24.9 Å². The highest BCUT2D eigenvalue weighted by atomic mass is 16.4. The molecule has 1 saturated heterocycles. The van der Waals surface area contributed by atoms with Crippen LogP contribution in [0.15, 0.2) is 0 Å². The average molecular weight is 285 g/mol. The van der Waals surface area contributed by atoms with Crippen LogP contribution in [-0.4, -0.2) is 72.0 Å². The van der Waals surface area contributed by atoms with Crippen molar-refractivity contribution in [2.75, 3.05) is 39.3 Å². The third kappa shape index (κ3) is 5.16. The summed E-state index contributed by atoms with van der Waals surface area (Å²) in [5, 5.41) is 11.3. The Morgan fingerprint density at radius 3 is 2.10 bits per heavy atom. The Hall–Kier alpha value is -1.63. The topological polar surface area (TPSA) is 90.0 Å². The standard InChI is InChI=1S/C13H23N3O4/c1-13(2,3)12(20)14-8-10(17)16-6-4-15(5-7-16)9-11(18)19/h4-9H2,1-3H3,(H,14,20)(H,18,19). The predicted octanol–water partition coefficient (Wildman–Crippen LogP) is -0.622. The van der Waals surface area contributed by atoms with E-state index in [4.69, 9.17) is 5.11 Å². The number of piperazine rings is 1. The van der Waals surface area contributed by atoms with Gasteiger partial charge in [0, 0.05) is 31.6 Å². The summed E-state index contributed by atoms with van der Waals surface area (Å²) < 4.78 is 0. The maximum absolute atomic E-state index is 11.9. The Kier molecular flexibility index (Phi) is 5.50. The molecule has 1 fully saturated rings. The molecule has 114 valence electrons. The summed E-state index contributed by atoms with van der Waals surface area (Å²) in [5.74, 6) is -1.14. The highest BCUT2D eigenvalue weighted by Crippen LogP contribution is 2.12. The fourth-order valence-electron chi connectivity index (χ4n) is 1.88. The molecule has 0 aromatic carbocycles. The number of nitrogens with zero attached hydrogens (tertiary/aromatic N) is 2. The van der Waals surface area contributed by atoms with Crippen molar-refractivity contribution in [3.05, 3.63) is 0 Å².